The molecule has 8 nitrogen and oxygen atoms in total. The van der Waals surface area contributed by atoms with Crippen molar-refractivity contribution in [2.45, 2.75) is 24.7 Å². The fraction of sp³-hybridized carbons (Fsp3) is 0.263. The molecule has 11 heteroatoms. The summed E-state index contributed by atoms with van der Waals surface area (Å²) in [6, 6.07) is 6.02. The first-order valence-corrected chi connectivity index (χ1v) is 11.0. The largest absolute Gasteiger partial charge is 0.454 e. The average molecular weight is 472 g/mol. The van der Waals surface area contributed by atoms with E-state index in [1.54, 1.807) is 12.1 Å². The van der Waals surface area contributed by atoms with Crippen LogP contribution < -0.4 is 9.47 Å². The maximum atomic E-state index is 13.1. The summed E-state index contributed by atoms with van der Waals surface area (Å²) in [5, 5.41) is 0.0775. The zero-order valence-electron chi connectivity index (χ0n) is 15.8. The third-order valence-corrected chi connectivity index (χ3v) is 7.13. The van der Waals surface area contributed by atoms with Crippen molar-refractivity contribution in [3.05, 3.63) is 51.0 Å². The number of carbonyl (C=O) groups excluding carboxylic acids is 2. The van der Waals surface area contributed by atoms with E-state index in [9.17, 15) is 18.0 Å². The predicted octanol–water partition coefficient (Wildman–Crippen LogP) is 3.80. The van der Waals surface area contributed by atoms with Crippen LogP contribution in [0.1, 0.15) is 46.0 Å². The van der Waals surface area contributed by atoms with Crippen molar-refractivity contribution in [1.82, 2.24) is 4.31 Å². The number of fused-ring (bicyclic) bond motifs is 3. The van der Waals surface area contributed by atoms with E-state index in [2.05, 4.69) is 0 Å². The molecule has 0 fully saturated rings. The Hall–Kier alpha value is -2.49. The van der Waals surface area contributed by atoms with E-state index in [0.29, 0.717) is 9.87 Å². The molecule has 0 radical (unpaired) electrons. The Morgan fingerprint density at radius 2 is 1.90 bits per heavy atom. The van der Waals surface area contributed by atoms with E-state index in [4.69, 9.17) is 37.4 Å². The topological polar surface area (TPSA) is 99.2 Å². The maximum Gasteiger partial charge on any atom is 0.342 e. The molecule has 0 spiro atoms. The Kier molecular flexibility index (Phi) is 5.08. The highest BCUT2D eigenvalue weighted by molar-refractivity contribution is 7.90. The molecule has 0 aliphatic carbocycles. The Balaban J connectivity index is 1.70. The van der Waals surface area contributed by atoms with Crippen LogP contribution in [0.2, 0.25) is 10.0 Å². The summed E-state index contributed by atoms with van der Waals surface area (Å²) in [4.78, 5) is 25.2. The van der Waals surface area contributed by atoms with E-state index in [1.807, 2.05) is 13.8 Å². The second-order valence-corrected chi connectivity index (χ2v) is 9.49. The fourth-order valence-electron chi connectivity index (χ4n) is 3.31. The first kappa shape index (κ1) is 20.8. The number of esters is 1. The highest BCUT2D eigenvalue weighted by Crippen LogP contribution is 2.48. The summed E-state index contributed by atoms with van der Waals surface area (Å²) in [6.45, 7) is 2.63. The fourth-order valence-corrected chi connectivity index (χ4v) is 5.44. The van der Waals surface area contributed by atoms with Crippen molar-refractivity contribution in [2.24, 2.45) is 0 Å². The van der Waals surface area contributed by atoms with Crippen LogP contribution in [-0.2, 0) is 14.8 Å². The predicted molar refractivity (Wildman–Crippen MR) is 107 cm³/mol. The van der Waals surface area contributed by atoms with Crippen LogP contribution in [0, 0.1) is 0 Å². The van der Waals surface area contributed by atoms with Gasteiger partial charge in [-0.1, -0.05) is 43.1 Å². The number of carbonyl (C=O) groups is 2. The van der Waals surface area contributed by atoms with Gasteiger partial charge in [-0.3, -0.25) is 4.79 Å². The van der Waals surface area contributed by atoms with Gasteiger partial charge in [0.15, 0.2) is 18.2 Å². The molecule has 0 unspecified atom stereocenters. The van der Waals surface area contributed by atoms with Gasteiger partial charge in [0, 0.05) is 0 Å². The number of sulfonamides is 1. The molecule has 2 aliphatic heterocycles. The average Bonchev–Trinajstić information content (AvgIpc) is 3.20. The molecular weight excluding hydrogens is 457 g/mol. The molecule has 2 aromatic rings. The van der Waals surface area contributed by atoms with E-state index in [0.717, 1.165) is 0 Å². The van der Waals surface area contributed by atoms with Crippen molar-refractivity contribution in [3.8, 4) is 11.5 Å². The summed E-state index contributed by atoms with van der Waals surface area (Å²) < 4.78 is 42.5. The smallest absolute Gasteiger partial charge is 0.342 e. The lowest BCUT2D eigenvalue weighted by Crippen LogP contribution is -2.33. The Morgan fingerprint density at radius 3 is 2.53 bits per heavy atom. The van der Waals surface area contributed by atoms with Crippen LogP contribution in [0.15, 0.2) is 29.2 Å². The van der Waals surface area contributed by atoms with Crippen LogP contribution in [0.5, 0.6) is 11.5 Å². The van der Waals surface area contributed by atoms with Gasteiger partial charge in [0.1, 0.15) is 4.90 Å². The lowest BCUT2D eigenvalue weighted by atomic mass is 9.96. The first-order chi connectivity index (χ1) is 14.1. The summed E-state index contributed by atoms with van der Waals surface area (Å²) in [7, 11) is -4.34. The van der Waals surface area contributed by atoms with Crippen molar-refractivity contribution in [1.29, 1.82) is 0 Å². The minimum Gasteiger partial charge on any atom is -0.454 e. The van der Waals surface area contributed by atoms with E-state index >= 15 is 0 Å². The van der Waals surface area contributed by atoms with Gasteiger partial charge in [0.05, 0.1) is 21.2 Å². The Labute approximate surface area is 182 Å². The van der Waals surface area contributed by atoms with E-state index < -0.39 is 28.6 Å². The molecule has 0 saturated carbocycles. The summed E-state index contributed by atoms with van der Waals surface area (Å²) >= 11 is 12.0. The van der Waals surface area contributed by atoms with Crippen molar-refractivity contribution in [2.75, 3.05) is 13.5 Å². The summed E-state index contributed by atoms with van der Waals surface area (Å²) in [5.74, 6) is -1.72. The number of ether oxygens (including phenoxy) is 3. The van der Waals surface area contributed by atoms with Crippen LogP contribution in [0.3, 0.4) is 0 Å². The van der Waals surface area contributed by atoms with Crippen LogP contribution >= 0.6 is 23.2 Å². The molecule has 2 aromatic carbocycles. The van der Waals surface area contributed by atoms with Gasteiger partial charge in [-0.25, -0.2) is 13.2 Å². The standard InChI is InChI=1S/C19H15Cl2NO7S/c1-9(2)10-6-13-16(29-8-28-13)17-14(10)18(23)22(30(17,25)26)7-27-19(24)15-11(20)4-3-5-12(15)21/h3-6,9H,7-8H2,1-2H3. The molecular formula is C19H15Cl2NO7S. The second kappa shape index (κ2) is 7.33. The molecule has 2 heterocycles. The molecule has 0 N–H and O–H groups in total. The van der Waals surface area contributed by atoms with Gasteiger partial charge < -0.3 is 14.2 Å². The SMILES string of the molecule is CC(C)c1cc2c(c3c1C(=O)N(COC(=O)c1c(Cl)cccc1Cl)S3(=O)=O)OCO2. The van der Waals surface area contributed by atoms with Gasteiger partial charge in [-0.05, 0) is 29.7 Å². The maximum absolute atomic E-state index is 13.1. The van der Waals surface area contributed by atoms with E-state index in [1.165, 1.54) is 12.1 Å². The normalized spacial score (nSPS) is 16.2. The number of rotatable bonds is 4. The van der Waals surface area contributed by atoms with Crippen LogP contribution in [-0.4, -0.2) is 38.1 Å². The monoisotopic (exact) mass is 471 g/mol. The first-order valence-electron chi connectivity index (χ1n) is 8.79. The van der Waals surface area contributed by atoms with Crippen molar-refractivity contribution in [3.63, 3.8) is 0 Å². The molecule has 2 aliphatic rings. The highest BCUT2D eigenvalue weighted by Gasteiger charge is 2.48. The zero-order valence-corrected chi connectivity index (χ0v) is 18.1. The van der Waals surface area contributed by atoms with Gasteiger partial charge in [0.25, 0.3) is 15.9 Å². The number of benzene rings is 2. The third kappa shape index (κ3) is 3.08. The molecule has 0 aromatic heterocycles. The van der Waals surface area contributed by atoms with Crippen LogP contribution in [0.4, 0.5) is 0 Å². The van der Waals surface area contributed by atoms with Crippen LogP contribution in [0.25, 0.3) is 0 Å². The number of hydrogen-bond acceptors (Lipinski definition) is 7. The van der Waals surface area contributed by atoms with Crippen molar-refractivity contribution >= 4 is 45.1 Å². The van der Waals surface area contributed by atoms with Crippen molar-refractivity contribution < 1.29 is 32.2 Å². The van der Waals surface area contributed by atoms with Gasteiger partial charge >= 0.3 is 5.97 Å². The Bertz CT molecular complexity index is 1170. The zero-order chi connectivity index (χ0) is 21.8. The van der Waals surface area contributed by atoms with Gasteiger partial charge in [-0.2, -0.15) is 4.31 Å². The molecule has 0 bridgehead atoms. The molecule has 0 atom stereocenters. The molecule has 30 heavy (non-hydrogen) atoms. The summed E-state index contributed by atoms with van der Waals surface area (Å²) in [6.07, 6.45) is 0. The molecule has 4 rings (SSSR count). The molecule has 1 amide bonds. The number of amides is 1. The second-order valence-electron chi connectivity index (χ2n) is 6.87. The molecule has 158 valence electrons. The quantitative estimate of drug-likeness (QED) is 0.624. The number of hydrogen-bond donors (Lipinski definition) is 0. The lowest BCUT2D eigenvalue weighted by molar-refractivity contribution is 0.0358. The minimum absolute atomic E-state index is 0.0129. The molecule has 0 saturated heterocycles. The van der Waals surface area contributed by atoms with E-state index in [-0.39, 0.29) is 50.3 Å². The minimum atomic E-state index is -4.34. The lowest BCUT2D eigenvalue weighted by Gasteiger charge is -2.16. The Morgan fingerprint density at radius 1 is 1.23 bits per heavy atom. The number of halogens is 2. The van der Waals surface area contributed by atoms with Gasteiger partial charge in [-0.15, -0.1) is 0 Å². The van der Waals surface area contributed by atoms with Gasteiger partial charge in [0.2, 0.25) is 6.79 Å². The summed E-state index contributed by atoms with van der Waals surface area (Å²) in [5.41, 5.74) is 0.356. The highest BCUT2D eigenvalue weighted by atomic mass is 35.5. The third-order valence-electron chi connectivity index (χ3n) is 4.74. The number of nitrogens with zero attached hydrogens (tertiary/aromatic N) is 1.